The van der Waals surface area contributed by atoms with Gasteiger partial charge in [-0.2, -0.15) is 0 Å². The number of anilines is 1. The van der Waals surface area contributed by atoms with Gasteiger partial charge in [0.1, 0.15) is 5.15 Å². The predicted octanol–water partition coefficient (Wildman–Crippen LogP) is 8.02. The molecule has 3 aromatic carbocycles. The lowest BCUT2D eigenvalue weighted by Crippen LogP contribution is -2.40. The number of benzene rings is 3. The summed E-state index contributed by atoms with van der Waals surface area (Å²) >= 11 is 14.0. The molecule has 1 fully saturated rings. The van der Waals surface area contributed by atoms with Crippen LogP contribution in [0, 0.1) is 11.6 Å². The number of hydrogen-bond donors (Lipinski definition) is 1. The number of rotatable bonds is 6. The summed E-state index contributed by atoms with van der Waals surface area (Å²) in [5, 5.41) is 10.0. The Labute approximate surface area is 226 Å². The topological polar surface area (TPSA) is 45.5 Å². The van der Waals surface area contributed by atoms with Gasteiger partial charge in [0.15, 0.2) is 11.6 Å². The molecular formula is C28H22Cl2F2N2O2S. The number of carboxylic acids is 1. The predicted molar refractivity (Wildman–Crippen MR) is 144 cm³/mol. The number of halogens is 4. The standard InChI is InChI=1S/C28H22Cl2F2N2O2S/c29-19-10-9-17-24(23(19)32)34(26(30)25(17)37-21-8-3-5-16(22(21)31)27(35)36)14-13-33-15-28(11-4-12-28)18-6-1-2-7-20(18)33/h1-3,5-10H,4,11-15H2,(H,35,36). The molecular weight excluding hydrogens is 537 g/mol. The van der Waals surface area contributed by atoms with Crippen LogP contribution in [0.3, 0.4) is 0 Å². The smallest absolute Gasteiger partial charge is 0.338 e. The number of para-hydroxylation sites is 1. The van der Waals surface area contributed by atoms with Crippen LogP contribution in [0.25, 0.3) is 10.9 Å². The van der Waals surface area contributed by atoms with Crippen molar-refractivity contribution in [1.82, 2.24) is 4.57 Å². The van der Waals surface area contributed by atoms with Crippen LogP contribution >= 0.6 is 35.0 Å². The number of aromatic nitrogens is 1. The van der Waals surface area contributed by atoms with E-state index in [0.717, 1.165) is 18.3 Å². The van der Waals surface area contributed by atoms with Crippen LogP contribution in [0.4, 0.5) is 14.5 Å². The van der Waals surface area contributed by atoms with Crippen molar-refractivity contribution >= 4 is 57.5 Å². The van der Waals surface area contributed by atoms with Crippen LogP contribution in [0.5, 0.6) is 0 Å². The molecule has 1 aliphatic carbocycles. The van der Waals surface area contributed by atoms with E-state index in [0.29, 0.717) is 23.4 Å². The average molecular weight is 559 g/mol. The van der Waals surface area contributed by atoms with Gasteiger partial charge in [0.05, 0.1) is 21.0 Å². The second kappa shape index (κ2) is 9.22. The van der Waals surface area contributed by atoms with E-state index >= 15 is 4.39 Å². The Morgan fingerprint density at radius 2 is 1.78 bits per heavy atom. The first-order valence-corrected chi connectivity index (χ1v) is 13.6. The highest BCUT2D eigenvalue weighted by Crippen LogP contribution is 2.52. The molecule has 0 bridgehead atoms. The maximum Gasteiger partial charge on any atom is 0.338 e. The maximum atomic E-state index is 15.4. The Bertz CT molecular complexity index is 1570. The molecule has 6 rings (SSSR count). The highest BCUT2D eigenvalue weighted by atomic mass is 35.5. The molecule has 1 aliphatic heterocycles. The highest BCUT2D eigenvalue weighted by Gasteiger charge is 2.46. The molecule has 1 saturated carbocycles. The summed E-state index contributed by atoms with van der Waals surface area (Å²) in [4.78, 5) is 14.3. The largest absolute Gasteiger partial charge is 0.478 e. The molecule has 0 unspecified atom stereocenters. The molecule has 9 heteroatoms. The van der Waals surface area contributed by atoms with Gasteiger partial charge < -0.3 is 14.6 Å². The van der Waals surface area contributed by atoms with E-state index in [1.807, 2.05) is 6.07 Å². The van der Waals surface area contributed by atoms with Crippen molar-refractivity contribution in [3.8, 4) is 0 Å². The normalized spacial score (nSPS) is 15.8. The van der Waals surface area contributed by atoms with Gasteiger partial charge in [-0.3, -0.25) is 0 Å². The van der Waals surface area contributed by atoms with E-state index in [1.54, 1.807) is 10.6 Å². The lowest BCUT2D eigenvalue weighted by molar-refractivity contribution is 0.0691. The van der Waals surface area contributed by atoms with Gasteiger partial charge in [-0.1, -0.05) is 65.7 Å². The van der Waals surface area contributed by atoms with Crippen molar-refractivity contribution in [1.29, 1.82) is 0 Å². The SMILES string of the molecule is O=C(O)c1cccc(Sc2c(Cl)n(CCN3CC4(CCC4)c4ccccc43)c3c(F)c(Cl)ccc23)c1F. The van der Waals surface area contributed by atoms with Crippen molar-refractivity contribution in [2.45, 2.75) is 41.0 Å². The lowest BCUT2D eigenvalue weighted by Gasteiger charge is -2.39. The van der Waals surface area contributed by atoms with Crippen molar-refractivity contribution in [3.05, 3.63) is 87.5 Å². The number of fused-ring (bicyclic) bond motifs is 3. The number of carbonyl (C=O) groups is 1. The number of aromatic carboxylic acids is 1. The zero-order chi connectivity index (χ0) is 25.9. The first-order chi connectivity index (χ1) is 17.8. The molecule has 0 amide bonds. The molecule has 0 saturated heterocycles. The number of hydrogen-bond acceptors (Lipinski definition) is 3. The minimum atomic E-state index is -1.36. The zero-order valence-corrected chi connectivity index (χ0v) is 21.9. The third-order valence-corrected chi connectivity index (χ3v) is 9.58. The zero-order valence-electron chi connectivity index (χ0n) is 19.6. The molecule has 4 nitrogen and oxygen atoms in total. The molecule has 37 heavy (non-hydrogen) atoms. The quantitative estimate of drug-likeness (QED) is 0.260. The van der Waals surface area contributed by atoms with Crippen LogP contribution < -0.4 is 4.90 Å². The van der Waals surface area contributed by atoms with E-state index in [9.17, 15) is 14.3 Å². The molecule has 1 aromatic heterocycles. The van der Waals surface area contributed by atoms with Crippen LogP contribution in [0.1, 0.15) is 35.2 Å². The second-order valence-electron chi connectivity index (χ2n) is 9.63. The number of carboxylic acid groups (broad SMARTS) is 1. The number of nitrogens with zero attached hydrogens (tertiary/aromatic N) is 2. The summed E-state index contributed by atoms with van der Waals surface area (Å²) in [7, 11) is 0. The average Bonchev–Trinajstić information content (AvgIpc) is 3.34. The first-order valence-electron chi connectivity index (χ1n) is 12.0. The van der Waals surface area contributed by atoms with E-state index in [-0.39, 0.29) is 26.0 Å². The van der Waals surface area contributed by atoms with Gasteiger partial charge in [-0.05, 0) is 48.7 Å². The lowest BCUT2D eigenvalue weighted by atomic mass is 9.66. The summed E-state index contributed by atoms with van der Waals surface area (Å²) in [5.41, 5.74) is 2.60. The Hall–Kier alpha value is -2.74. The Kier molecular flexibility index (Phi) is 6.13. The summed E-state index contributed by atoms with van der Waals surface area (Å²) < 4.78 is 32.0. The molecule has 4 aromatic rings. The van der Waals surface area contributed by atoms with Crippen molar-refractivity contribution in [3.63, 3.8) is 0 Å². The first kappa shape index (κ1) is 24.6. The van der Waals surface area contributed by atoms with Crippen LogP contribution in [0.15, 0.2) is 64.4 Å². The van der Waals surface area contributed by atoms with Gasteiger partial charge >= 0.3 is 5.97 Å². The maximum absolute atomic E-state index is 15.4. The fraction of sp³-hybridized carbons (Fsp3) is 0.250. The van der Waals surface area contributed by atoms with Gasteiger partial charge in [0, 0.05) is 41.0 Å². The molecule has 0 atom stereocenters. The Morgan fingerprint density at radius 3 is 2.51 bits per heavy atom. The van der Waals surface area contributed by atoms with Crippen LogP contribution in [-0.4, -0.2) is 28.7 Å². The summed E-state index contributed by atoms with van der Waals surface area (Å²) in [6.45, 7) is 1.93. The monoisotopic (exact) mass is 558 g/mol. The van der Waals surface area contributed by atoms with Gasteiger partial charge in [0.2, 0.25) is 0 Å². The van der Waals surface area contributed by atoms with Crippen molar-refractivity contribution in [2.24, 2.45) is 0 Å². The molecule has 1 spiro atoms. The van der Waals surface area contributed by atoms with E-state index in [2.05, 4.69) is 23.1 Å². The van der Waals surface area contributed by atoms with Crippen LogP contribution in [-0.2, 0) is 12.0 Å². The van der Waals surface area contributed by atoms with E-state index in [4.69, 9.17) is 23.2 Å². The Morgan fingerprint density at radius 1 is 1.00 bits per heavy atom. The fourth-order valence-corrected chi connectivity index (χ4v) is 7.25. The summed E-state index contributed by atoms with van der Waals surface area (Å²) in [5.74, 6) is -2.81. The van der Waals surface area contributed by atoms with Gasteiger partial charge in [0.25, 0.3) is 0 Å². The van der Waals surface area contributed by atoms with E-state index in [1.165, 1.54) is 54.8 Å². The third-order valence-electron chi connectivity index (χ3n) is 7.63. The van der Waals surface area contributed by atoms with E-state index < -0.39 is 23.2 Å². The van der Waals surface area contributed by atoms with Gasteiger partial charge in [-0.15, -0.1) is 0 Å². The molecule has 1 N–H and O–H groups in total. The summed E-state index contributed by atoms with van der Waals surface area (Å²) in [6, 6.07) is 15.7. The van der Waals surface area contributed by atoms with Gasteiger partial charge in [-0.25, -0.2) is 13.6 Å². The molecule has 0 radical (unpaired) electrons. The fourth-order valence-electron chi connectivity index (χ4n) is 5.68. The highest BCUT2D eigenvalue weighted by molar-refractivity contribution is 7.99. The third kappa shape index (κ3) is 3.90. The molecule has 190 valence electrons. The minimum Gasteiger partial charge on any atom is -0.478 e. The van der Waals surface area contributed by atoms with Crippen LogP contribution in [0.2, 0.25) is 10.2 Å². The summed E-state index contributed by atoms with van der Waals surface area (Å²) in [6.07, 6.45) is 3.56. The van der Waals surface area contributed by atoms with Crippen molar-refractivity contribution in [2.75, 3.05) is 18.0 Å². The molecule has 2 heterocycles. The Balaban J connectivity index is 1.38. The minimum absolute atomic E-state index is 0.0292. The molecule has 2 aliphatic rings. The second-order valence-corrected chi connectivity index (χ2v) is 11.4. The van der Waals surface area contributed by atoms with Crippen molar-refractivity contribution < 1.29 is 18.7 Å².